The lowest BCUT2D eigenvalue weighted by atomic mass is 9.86. The van der Waals surface area contributed by atoms with Crippen LogP contribution in [-0.2, 0) is 13.6 Å². The molecule has 0 amide bonds. The third-order valence-electron chi connectivity index (χ3n) is 5.35. The number of hydrogen-bond donors (Lipinski definition) is 0. The van der Waals surface area contributed by atoms with Gasteiger partial charge in [-0.25, -0.2) is 4.39 Å². The molecule has 0 unspecified atom stereocenters. The van der Waals surface area contributed by atoms with Crippen LogP contribution in [0.3, 0.4) is 0 Å². The molecule has 0 aliphatic carbocycles. The van der Waals surface area contributed by atoms with E-state index in [0.717, 1.165) is 18.7 Å². The van der Waals surface area contributed by atoms with Gasteiger partial charge in [0.1, 0.15) is 5.82 Å². The number of hydrogen-bond acceptors (Lipinski definition) is 4. The van der Waals surface area contributed by atoms with Crippen molar-refractivity contribution in [3.05, 3.63) is 53.1 Å². The lowest BCUT2D eigenvalue weighted by Crippen LogP contribution is -2.41. The molecule has 1 aliphatic rings. The van der Waals surface area contributed by atoms with E-state index in [2.05, 4.69) is 41.1 Å². The predicted octanol–water partition coefficient (Wildman–Crippen LogP) is 2.95. The van der Waals surface area contributed by atoms with Crippen molar-refractivity contribution in [2.75, 3.05) is 27.2 Å². The Kier molecular flexibility index (Phi) is 5.70. The zero-order valence-electron chi connectivity index (χ0n) is 15.7. The molecule has 2 heterocycles. The van der Waals surface area contributed by atoms with E-state index in [1.54, 1.807) is 6.07 Å². The second-order valence-electron chi connectivity index (χ2n) is 7.32. The number of nitrogens with zero attached hydrogens (tertiary/aromatic N) is 5. The summed E-state index contributed by atoms with van der Waals surface area (Å²) in [4.78, 5) is 4.65. The van der Waals surface area contributed by atoms with E-state index in [1.165, 1.54) is 30.7 Å². The highest BCUT2D eigenvalue weighted by atomic mass is 19.1. The van der Waals surface area contributed by atoms with Crippen molar-refractivity contribution < 1.29 is 4.39 Å². The minimum atomic E-state index is -0.363. The first-order valence-corrected chi connectivity index (χ1v) is 9.05. The number of aryl methyl sites for hydroxylation is 1. The van der Waals surface area contributed by atoms with E-state index in [-0.39, 0.29) is 5.82 Å². The standard InChI is InChI=1S/C20H26FN5/c1-24(13-15-6-7-18(21)11-17(15)12-22)14-16-5-4-10-25(2)20(16)19-8-9-23-26(19)3/h6-9,11,16,20H,4-5,10,13-14H2,1-3H3/t16-,20+/m0/s1. The maximum atomic E-state index is 13.4. The first kappa shape index (κ1) is 18.6. The second kappa shape index (κ2) is 7.98. The van der Waals surface area contributed by atoms with Crippen molar-refractivity contribution in [1.29, 1.82) is 5.26 Å². The molecule has 6 heteroatoms. The van der Waals surface area contributed by atoms with E-state index in [0.29, 0.717) is 24.1 Å². The third-order valence-corrected chi connectivity index (χ3v) is 5.35. The maximum absolute atomic E-state index is 13.4. The number of halogens is 1. The van der Waals surface area contributed by atoms with Crippen molar-refractivity contribution in [2.24, 2.45) is 13.0 Å². The summed E-state index contributed by atoms with van der Waals surface area (Å²) < 4.78 is 15.3. The fraction of sp³-hybridized carbons (Fsp3) is 0.500. The molecule has 0 N–H and O–H groups in total. The van der Waals surface area contributed by atoms with E-state index in [4.69, 9.17) is 0 Å². The van der Waals surface area contributed by atoms with Crippen LogP contribution in [0.2, 0.25) is 0 Å². The van der Waals surface area contributed by atoms with Gasteiger partial charge in [-0.1, -0.05) is 6.07 Å². The van der Waals surface area contributed by atoms with Gasteiger partial charge in [0.15, 0.2) is 0 Å². The van der Waals surface area contributed by atoms with Gasteiger partial charge in [0.05, 0.1) is 23.4 Å². The van der Waals surface area contributed by atoms with Crippen LogP contribution in [0, 0.1) is 23.1 Å². The molecular weight excluding hydrogens is 329 g/mol. The number of benzene rings is 1. The summed E-state index contributed by atoms with van der Waals surface area (Å²) in [6.07, 6.45) is 4.21. The van der Waals surface area contributed by atoms with Gasteiger partial charge in [0, 0.05) is 26.3 Å². The van der Waals surface area contributed by atoms with Crippen LogP contribution in [0.15, 0.2) is 30.5 Å². The molecule has 138 valence electrons. The summed E-state index contributed by atoms with van der Waals surface area (Å²) in [6.45, 7) is 2.65. The molecule has 0 spiro atoms. The molecule has 5 nitrogen and oxygen atoms in total. The van der Waals surface area contributed by atoms with Crippen LogP contribution in [-0.4, -0.2) is 46.8 Å². The number of likely N-dealkylation sites (tertiary alicyclic amines) is 1. The summed E-state index contributed by atoms with van der Waals surface area (Å²) in [6, 6.07) is 9.01. The smallest absolute Gasteiger partial charge is 0.124 e. The molecule has 0 saturated carbocycles. The molecule has 26 heavy (non-hydrogen) atoms. The number of aromatic nitrogens is 2. The third kappa shape index (κ3) is 3.95. The Morgan fingerprint density at radius 1 is 1.35 bits per heavy atom. The zero-order valence-corrected chi connectivity index (χ0v) is 15.7. The van der Waals surface area contributed by atoms with Gasteiger partial charge in [-0.2, -0.15) is 10.4 Å². The molecule has 0 bridgehead atoms. The summed E-state index contributed by atoms with van der Waals surface area (Å²) >= 11 is 0. The van der Waals surface area contributed by atoms with E-state index >= 15 is 0 Å². The van der Waals surface area contributed by atoms with Crippen LogP contribution in [0.4, 0.5) is 4.39 Å². The van der Waals surface area contributed by atoms with Crippen molar-refractivity contribution in [3.8, 4) is 6.07 Å². The van der Waals surface area contributed by atoms with Crippen molar-refractivity contribution in [3.63, 3.8) is 0 Å². The largest absolute Gasteiger partial charge is 0.302 e. The molecule has 1 aromatic heterocycles. The minimum absolute atomic E-state index is 0.336. The van der Waals surface area contributed by atoms with Gasteiger partial charge in [0.25, 0.3) is 0 Å². The monoisotopic (exact) mass is 355 g/mol. The van der Waals surface area contributed by atoms with Crippen molar-refractivity contribution >= 4 is 0 Å². The molecular formula is C20H26FN5. The Hall–Kier alpha value is -2.23. The molecule has 1 fully saturated rings. The van der Waals surface area contributed by atoms with Gasteiger partial charge in [-0.3, -0.25) is 9.58 Å². The molecule has 1 aromatic carbocycles. The maximum Gasteiger partial charge on any atom is 0.124 e. The first-order valence-electron chi connectivity index (χ1n) is 9.05. The normalized spacial score (nSPS) is 21.1. The molecule has 2 atom stereocenters. The van der Waals surface area contributed by atoms with Crippen LogP contribution >= 0.6 is 0 Å². The molecule has 0 radical (unpaired) electrons. The highest BCUT2D eigenvalue weighted by molar-refractivity contribution is 5.37. The topological polar surface area (TPSA) is 48.1 Å². The zero-order chi connectivity index (χ0) is 18.7. The highest BCUT2D eigenvalue weighted by Crippen LogP contribution is 2.35. The lowest BCUT2D eigenvalue weighted by molar-refractivity contribution is 0.0872. The average Bonchev–Trinajstić information content (AvgIpc) is 3.02. The van der Waals surface area contributed by atoms with Gasteiger partial charge in [-0.15, -0.1) is 0 Å². The molecule has 3 rings (SSSR count). The van der Waals surface area contributed by atoms with Crippen LogP contribution < -0.4 is 0 Å². The van der Waals surface area contributed by atoms with Gasteiger partial charge >= 0.3 is 0 Å². The highest BCUT2D eigenvalue weighted by Gasteiger charge is 2.33. The lowest BCUT2D eigenvalue weighted by Gasteiger charge is -2.40. The number of rotatable bonds is 5. The van der Waals surface area contributed by atoms with Gasteiger partial charge in [0.2, 0.25) is 0 Å². The predicted molar refractivity (Wildman–Crippen MR) is 98.8 cm³/mol. The van der Waals surface area contributed by atoms with Crippen LogP contribution in [0.5, 0.6) is 0 Å². The van der Waals surface area contributed by atoms with Crippen molar-refractivity contribution in [2.45, 2.75) is 25.4 Å². The minimum Gasteiger partial charge on any atom is -0.302 e. The molecule has 1 aliphatic heterocycles. The number of piperidine rings is 1. The van der Waals surface area contributed by atoms with Crippen LogP contribution in [0.1, 0.15) is 35.7 Å². The Morgan fingerprint density at radius 3 is 2.85 bits per heavy atom. The summed E-state index contributed by atoms with van der Waals surface area (Å²) in [7, 11) is 6.24. The first-order chi connectivity index (χ1) is 12.5. The quantitative estimate of drug-likeness (QED) is 0.827. The van der Waals surface area contributed by atoms with E-state index in [1.807, 2.05) is 17.9 Å². The molecule has 2 aromatic rings. The van der Waals surface area contributed by atoms with Crippen molar-refractivity contribution in [1.82, 2.24) is 19.6 Å². The molecule has 1 saturated heterocycles. The van der Waals surface area contributed by atoms with E-state index < -0.39 is 0 Å². The van der Waals surface area contributed by atoms with Gasteiger partial charge < -0.3 is 4.90 Å². The average molecular weight is 355 g/mol. The van der Waals surface area contributed by atoms with Gasteiger partial charge in [-0.05, 0) is 63.2 Å². The van der Waals surface area contributed by atoms with Crippen LogP contribution in [0.25, 0.3) is 0 Å². The summed E-state index contributed by atoms with van der Waals surface area (Å²) in [5.74, 6) is 0.123. The second-order valence-corrected chi connectivity index (χ2v) is 7.32. The number of nitriles is 1. The Labute approximate surface area is 154 Å². The fourth-order valence-electron chi connectivity index (χ4n) is 4.14. The summed E-state index contributed by atoms with van der Waals surface area (Å²) in [5.41, 5.74) is 2.53. The fourth-order valence-corrected chi connectivity index (χ4v) is 4.14. The van der Waals surface area contributed by atoms with E-state index in [9.17, 15) is 9.65 Å². The SMILES string of the molecule is CN(Cc1ccc(F)cc1C#N)C[C@@H]1CCCN(C)[C@H]1c1ccnn1C. The Balaban J connectivity index is 1.74. The Bertz CT molecular complexity index is 794. The summed E-state index contributed by atoms with van der Waals surface area (Å²) in [5, 5.41) is 13.6. The Morgan fingerprint density at radius 2 is 2.15 bits per heavy atom.